The van der Waals surface area contributed by atoms with Crippen molar-refractivity contribution >= 4 is 23.7 Å². The Morgan fingerprint density at radius 3 is 1.87 bits per heavy atom. The number of ether oxygens (including phenoxy) is 4. The molecule has 2 rings (SSSR count). The van der Waals surface area contributed by atoms with Crippen molar-refractivity contribution in [2.75, 3.05) is 6.61 Å². The van der Waals surface area contributed by atoms with Crippen molar-refractivity contribution in [1.29, 1.82) is 0 Å². The third-order valence-corrected chi connectivity index (χ3v) is 6.46. The van der Waals surface area contributed by atoms with E-state index in [1.807, 2.05) is 4.90 Å². The van der Waals surface area contributed by atoms with Gasteiger partial charge in [0.2, 0.25) is 0 Å². The monoisotopic (exact) mass is 537 g/mol. The van der Waals surface area contributed by atoms with E-state index in [0.29, 0.717) is 6.42 Å². The number of hydrogen-bond acceptors (Lipinski definition) is 9. The zero-order chi connectivity index (χ0) is 29.1. The summed E-state index contributed by atoms with van der Waals surface area (Å²) in [5.74, 6) is -1.53. The molecule has 0 aromatic heterocycles. The average molecular weight is 538 g/mol. The first-order chi connectivity index (χ1) is 17.4. The molecular formula is C29H47NO8. The standard InChI is InChI=1S/C29H47NO8/c1-11-12-13-18-16-19(31)14-15-30(18)23-22(38-26(34)29(8,9)10)21(37-25(33)28(5,6)7)20(17-35-23)36-24(32)27(2,3)4/h14-15,18,20-23H,11-13,16-17H2,1-10H3/t18-,20-,21-,22+,23+/m0/s1. The van der Waals surface area contributed by atoms with Gasteiger partial charge in [-0.3, -0.25) is 19.2 Å². The van der Waals surface area contributed by atoms with E-state index in [0.717, 1.165) is 19.3 Å². The predicted molar refractivity (Wildman–Crippen MR) is 142 cm³/mol. The highest BCUT2D eigenvalue weighted by molar-refractivity contribution is 5.90. The maximum Gasteiger partial charge on any atom is 0.311 e. The molecule has 0 saturated carbocycles. The van der Waals surface area contributed by atoms with Crippen LogP contribution in [0.2, 0.25) is 0 Å². The molecule has 1 saturated heterocycles. The zero-order valence-corrected chi connectivity index (χ0v) is 24.8. The minimum atomic E-state index is -1.11. The summed E-state index contributed by atoms with van der Waals surface area (Å²) >= 11 is 0. The van der Waals surface area contributed by atoms with Crippen LogP contribution in [0.1, 0.15) is 94.9 Å². The van der Waals surface area contributed by atoms with Gasteiger partial charge in [0.15, 0.2) is 30.3 Å². The quantitative estimate of drug-likeness (QED) is 0.341. The smallest absolute Gasteiger partial charge is 0.311 e. The Kier molecular flexibility index (Phi) is 10.2. The fraction of sp³-hybridized carbons (Fsp3) is 0.793. The van der Waals surface area contributed by atoms with Gasteiger partial charge in [-0.25, -0.2) is 0 Å². The van der Waals surface area contributed by atoms with Crippen LogP contribution < -0.4 is 0 Å². The number of rotatable bonds is 7. The molecule has 216 valence electrons. The molecule has 5 atom stereocenters. The highest BCUT2D eigenvalue weighted by atomic mass is 16.6. The molecule has 1 fully saturated rings. The van der Waals surface area contributed by atoms with Crippen LogP contribution in [0.15, 0.2) is 12.3 Å². The first-order valence-electron chi connectivity index (χ1n) is 13.6. The van der Waals surface area contributed by atoms with Crippen molar-refractivity contribution in [2.24, 2.45) is 16.2 Å². The summed E-state index contributed by atoms with van der Waals surface area (Å²) in [6.07, 6.45) is 1.96. The lowest BCUT2D eigenvalue weighted by Gasteiger charge is -2.48. The molecule has 0 radical (unpaired) electrons. The summed E-state index contributed by atoms with van der Waals surface area (Å²) in [5, 5.41) is 0. The Balaban J connectivity index is 2.56. The second kappa shape index (κ2) is 12.2. The number of unbranched alkanes of at least 4 members (excludes halogenated alkanes) is 1. The average Bonchev–Trinajstić information content (AvgIpc) is 2.78. The third-order valence-electron chi connectivity index (χ3n) is 6.46. The summed E-state index contributed by atoms with van der Waals surface area (Å²) in [5.41, 5.74) is -2.52. The van der Waals surface area contributed by atoms with E-state index in [1.54, 1.807) is 68.5 Å². The summed E-state index contributed by atoms with van der Waals surface area (Å²) < 4.78 is 24.0. The summed E-state index contributed by atoms with van der Waals surface area (Å²) in [4.78, 5) is 53.3. The first-order valence-corrected chi connectivity index (χ1v) is 13.6. The van der Waals surface area contributed by atoms with Crippen LogP contribution in [0.5, 0.6) is 0 Å². The van der Waals surface area contributed by atoms with E-state index in [4.69, 9.17) is 18.9 Å². The maximum atomic E-state index is 13.2. The molecule has 9 heteroatoms. The van der Waals surface area contributed by atoms with Crippen LogP contribution in [0.3, 0.4) is 0 Å². The van der Waals surface area contributed by atoms with Gasteiger partial charge in [0.25, 0.3) is 0 Å². The fourth-order valence-electron chi connectivity index (χ4n) is 3.98. The van der Waals surface area contributed by atoms with Gasteiger partial charge in [0.1, 0.15) is 0 Å². The number of carbonyl (C=O) groups excluding carboxylic acids is 4. The second-order valence-electron chi connectivity index (χ2n) is 13.4. The molecule has 38 heavy (non-hydrogen) atoms. The van der Waals surface area contributed by atoms with Gasteiger partial charge in [-0.2, -0.15) is 0 Å². The first kappa shape index (κ1) is 31.8. The van der Waals surface area contributed by atoms with Crippen molar-refractivity contribution < 1.29 is 38.1 Å². The highest BCUT2D eigenvalue weighted by Crippen LogP contribution is 2.34. The van der Waals surface area contributed by atoms with Crippen LogP contribution in [0, 0.1) is 16.2 Å². The number of ketones is 1. The molecule has 2 heterocycles. The highest BCUT2D eigenvalue weighted by Gasteiger charge is 2.52. The van der Waals surface area contributed by atoms with Crippen LogP contribution in [-0.4, -0.2) is 65.8 Å². The Morgan fingerprint density at radius 1 is 0.868 bits per heavy atom. The molecule has 0 aromatic carbocycles. The molecule has 0 unspecified atom stereocenters. The Morgan fingerprint density at radius 2 is 1.37 bits per heavy atom. The van der Waals surface area contributed by atoms with Crippen LogP contribution in [0.4, 0.5) is 0 Å². The second-order valence-corrected chi connectivity index (χ2v) is 13.4. The molecule has 9 nitrogen and oxygen atoms in total. The number of allylic oxidation sites excluding steroid dienone is 1. The molecule has 0 amide bonds. The molecule has 2 aliphatic heterocycles. The summed E-state index contributed by atoms with van der Waals surface area (Å²) in [7, 11) is 0. The number of esters is 3. The van der Waals surface area contributed by atoms with Gasteiger partial charge < -0.3 is 23.8 Å². The Bertz CT molecular complexity index is 905. The van der Waals surface area contributed by atoms with Gasteiger partial charge >= 0.3 is 17.9 Å². The third kappa shape index (κ3) is 8.29. The molecule has 0 aromatic rings. The number of hydrogen-bond donors (Lipinski definition) is 0. The largest absolute Gasteiger partial charge is 0.455 e. The molecule has 0 spiro atoms. The van der Waals surface area contributed by atoms with Gasteiger partial charge in [-0.1, -0.05) is 19.8 Å². The Labute approximate surface area is 227 Å². The summed E-state index contributed by atoms with van der Waals surface area (Å²) in [6.45, 7) is 17.5. The number of carbonyl (C=O) groups is 4. The minimum Gasteiger partial charge on any atom is -0.455 e. The van der Waals surface area contributed by atoms with Crippen molar-refractivity contribution in [3.63, 3.8) is 0 Å². The van der Waals surface area contributed by atoms with Crippen molar-refractivity contribution in [2.45, 2.75) is 126 Å². The lowest BCUT2D eigenvalue weighted by Crippen LogP contribution is -2.64. The molecule has 0 aliphatic carbocycles. The molecular weight excluding hydrogens is 490 g/mol. The van der Waals surface area contributed by atoms with Crippen molar-refractivity contribution in [3.8, 4) is 0 Å². The Hall–Kier alpha value is -2.42. The zero-order valence-electron chi connectivity index (χ0n) is 24.8. The summed E-state index contributed by atoms with van der Waals surface area (Å²) in [6, 6.07) is -0.180. The maximum absolute atomic E-state index is 13.2. The molecule has 2 aliphatic rings. The lowest BCUT2D eigenvalue weighted by atomic mass is 9.93. The predicted octanol–water partition coefficient (Wildman–Crippen LogP) is 4.56. The van der Waals surface area contributed by atoms with E-state index < -0.39 is 58.7 Å². The molecule has 0 N–H and O–H groups in total. The molecule has 0 bridgehead atoms. The van der Waals surface area contributed by atoms with Crippen molar-refractivity contribution in [3.05, 3.63) is 12.3 Å². The van der Waals surface area contributed by atoms with Gasteiger partial charge in [0, 0.05) is 18.7 Å². The fourth-order valence-corrected chi connectivity index (χ4v) is 3.98. The van der Waals surface area contributed by atoms with Gasteiger partial charge in [-0.15, -0.1) is 0 Å². The van der Waals surface area contributed by atoms with Crippen LogP contribution >= 0.6 is 0 Å². The SMILES string of the molecule is CCCC[C@H]1CC(=O)C=CN1[C@@H]1OC[C@H](OC(=O)C(C)(C)C)[C@H](OC(=O)C(C)(C)C)[C@H]1OC(=O)C(C)(C)C. The minimum absolute atomic E-state index is 0.00842. The van der Waals surface area contributed by atoms with Crippen molar-refractivity contribution in [1.82, 2.24) is 4.90 Å². The van der Waals surface area contributed by atoms with Crippen LogP contribution in [-0.2, 0) is 38.1 Å². The van der Waals surface area contributed by atoms with E-state index in [2.05, 4.69) is 6.92 Å². The van der Waals surface area contributed by atoms with E-state index in [1.165, 1.54) is 6.08 Å². The lowest BCUT2D eigenvalue weighted by molar-refractivity contribution is -0.256. The normalized spacial score (nSPS) is 26.6. The van der Waals surface area contributed by atoms with E-state index >= 15 is 0 Å². The van der Waals surface area contributed by atoms with Gasteiger partial charge in [0.05, 0.1) is 22.9 Å². The van der Waals surface area contributed by atoms with E-state index in [9.17, 15) is 19.2 Å². The van der Waals surface area contributed by atoms with Gasteiger partial charge in [-0.05, 0) is 74.8 Å². The van der Waals surface area contributed by atoms with E-state index in [-0.39, 0.29) is 18.4 Å². The topological polar surface area (TPSA) is 108 Å². The number of nitrogens with zero attached hydrogens (tertiary/aromatic N) is 1. The van der Waals surface area contributed by atoms with Crippen LogP contribution in [0.25, 0.3) is 0 Å².